The summed E-state index contributed by atoms with van der Waals surface area (Å²) in [5.74, 6) is -1.91. The molecule has 0 unspecified atom stereocenters. The number of aromatic amines is 1. The number of carboxylic acid groups (broad SMARTS) is 1. The quantitative estimate of drug-likeness (QED) is 0.166. The van der Waals surface area contributed by atoms with Crippen LogP contribution < -0.4 is 31.0 Å². The van der Waals surface area contributed by atoms with Gasteiger partial charge >= 0.3 is 11.7 Å². The maximum absolute atomic E-state index is 15.9. The third kappa shape index (κ3) is 4.41. The fourth-order valence-corrected chi connectivity index (χ4v) is 4.71. The first-order valence-corrected chi connectivity index (χ1v) is 12.0. The second-order valence-corrected chi connectivity index (χ2v) is 8.99. The third-order valence-corrected chi connectivity index (χ3v) is 6.65. The van der Waals surface area contributed by atoms with Gasteiger partial charge in [0.1, 0.15) is 30.0 Å². The molecular formula is C24H21FN6O6S. The molecule has 1 atom stereocenters. The van der Waals surface area contributed by atoms with Gasteiger partial charge in [-0.3, -0.25) is 10.4 Å². The number of anilines is 1. The highest BCUT2D eigenvalue weighted by atomic mass is 32.1. The van der Waals surface area contributed by atoms with Gasteiger partial charge in [-0.15, -0.1) is 16.4 Å². The standard InChI is InChI=1S/C24H21FN6O6S/c1-35-15-10-13(16(25)19-18(15)36-7-8-37-19)17(28-12-4-2-11(3-5-12)21(26)27)22-29-24(34)31(30-22)14-6-9-38-20(14)23(32)33/h2-6,9-10,17,28H,7-8H2,1H3,(H3,26,27)(H,32,33)(H,29,30,34)/t17-/m0/s1. The second-order valence-electron chi connectivity index (χ2n) is 8.07. The topological polar surface area (TPSA) is 178 Å². The number of nitrogens with one attached hydrogen (secondary N) is 3. The molecular weight excluding hydrogens is 519 g/mol. The predicted octanol–water partition coefficient (Wildman–Crippen LogP) is 2.72. The van der Waals surface area contributed by atoms with Crippen molar-refractivity contribution in [3.8, 4) is 22.9 Å². The van der Waals surface area contributed by atoms with Crippen LogP contribution in [-0.4, -0.2) is 52.0 Å². The summed E-state index contributed by atoms with van der Waals surface area (Å²) < 4.78 is 33.3. The van der Waals surface area contributed by atoms with E-state index in [1.165, 1.54) is 24.6 Å². The van der Waals surface area contributed by atoms with Crippen molar-refractivity contribution in [2.75, 3.05) is 25.6 Å². The molecule has 0 aliphatic carbocycles. The molecule has 14 heteroatoms. The average molecular weight is 541 g/mol. The number of hydrogen-bond acceptors (Lipinski definition) is 9. The zero-order chi connectivity index (χ0) is 27.0. The van der Waals surface area contributed by atoms with Crippen LogP contribution in [0.1, 0.15) is 32.7 Å². The molecule has 196 valence electrons. The normalized spacial score (nSPS) is 13.1. The number of hydrogen-bond donors (Lipinski definition) is 5. The van der Waals surface area contributed by atoms with Crippen molar-refractivity contribution in [2.45, 2.75) is 6.04 Å². The number of carboxylic acids is 1. The first-order valence-electron chi connectivity index (χ1n) is 11.2. The van der Waals surface area contributed by atoms with Crippen LogP contribution in [0.2, 0.25) is 0 Å². The fourth-order valence-electron chi connectivity index (χ4n) is 4.00. The summed E-state index contributed by atoms with van der Waals surface area (Å²) in [6, 6.07) is 8.25. The summed E-state index contributed by atoms with van der Waals surface area (Å²) in [4.78, 5) is 27.0. The van der Waals surface area contributed by atoms with Crippen LogP contribution in [0.3, 0.4) is 0 Å². The van der Waals surface area contributed by atoms with Crippen molar-refractivity contribution < 1.29 is 28.5 Å². The lowest BCUT2D eigenvalue weighted by Gasteiger charge is -2.25. The van der Waals surface area contributed by atoms with E-state index >= 15 is 4.39 Å². The molecule has 0 bridgehead atoms. The van der Waals surface area contributed by atoms with Gasteiger partial charge in [0.2, 0.25) is 11.5 Å². The van der Waals surface area contributed by atoms with E-state index in [4.69, 9.17) is 25.4 Å². The smallest absolute Gasteiger partial charge is 0.348 e. The van der Waals surface area contributed by atoms with Crippen molar-refractivity contribution in [1.82, 2.24) is 14.8 Å². The molecule has 1 aliphatic heterocycles. The maximum Gasteiger partial charge on any atom is 0.348 e. The number of thiophene rings is 1. The first kappa shape index (κ1) is 24.8. The number of H-pyrrole nitrogens is 1. The molecule has 3 heterocycles. The number of aromatic nitrogens is 3. The van der Waals surface area contributed by atoms with E-state index in [1.54, 1.807) is 24.3 Å². The van der Waals surface area contributed by atoms with Crippen LogP contribution in [-0.2, 0) is 0 Å². The number of fused-ring (bicyclic) bond motifs is 1. The van der Waals surface area contributed by atoms with Gasteiger partial charge in [0.25, 0.3) is 0 Å². The molecule has 6 N–H and O–H groups in total. The fraction of sp³-hybridized carbons (Fsp3) is 0.167. The van der Waals surface area contributed by atoms with Crippen LogP contribution in [0.4, 0.5) is 10.1 Å². The third-order valence-electron chi connectivity index (χ3n) is 5.76. The van der Waals surface area contributed by atoms with E-state index in [1.807, 2.05) is 0 Å². The molecule has 0 fully saturated rings. The Kier molecular flexibility index (Phi) is 6.46. The Morgan fingerprint density at radius 1 is 1.29 bits per heavy atom. The number of aromatic carboxylic acids is 1. The Morgan fingerprint density at radius 2 is 2.00 bits per heavy atom. The Labute approximate surface area is 217 Å². The number of ether oxygens (including phenoxy) is 3. The van der Waals surface area contributed by atoms with Crippen LogP contribution in [0.5, 0.6) is 17.2 Å². The molecule has 2 aromatic carbocycles. The largest absolute Gasteiger partial charge is 0.493 e. The van der Waals surface area contributed by atoms with Crippen molar-refractivity contribution in [2.24, 2.45) is 5.73 Å². The number of methoxy groups -OCH3 is 1. The summed E-state index contributed by atoms with van der Waals surface area (Å²) in [5, 5.41) is 26.1. The zero-order valence-corrected chi connectivity index (χ0v) is 20.6. The van der Waals surface area contributed by atoms with Crippen LogP contribution >= 0.6 is 11.3 Å². The summed E-state index contributed by atoms with van der Waals surface area (Å²) in [5.41, 5.74) is 5.89. The lowest BCUT2D eigenvalue weighted by atomic mass is 10.0. The predicted molar refractivity (Wildman–Crippen MR) is 136 cm³/mol. The molecule has 1 aliphatic rings. The van der Waals surface area contributed by atoms with Gasteiger partial charge in [-0.05, 0) is 41.8 Å². The number of amidine groups is 1. The number of rotatable bonds is 8. The highest BCUT2D eigenvalue weighted by Crippen LogP contribution is 2.45. The number of nitrogens with zero attached hydrogens (tertiary/aromatic N) is 2. The summed E-state index contributed by atoms with van der Waals surface area (Å²) in [6.45, 7) is 0.347. The van der Waals surface area contributed by atoms with Crippen LogP contribution in [0.15, 0.2) is 46.6 Å². The average Bonchev–Trinajstić information content (AvgIpc) is 3.55. The number of nitrogens with two attached hydrogens (primary N) is 1. The molecule has 0 spiro atoms. The number of nitrogen functional groups attached to an aromatic ring is 1. The van der Waals surface area contributed by atoms with E-state index in [2.05, 4.69) is 15.4 Å². The first-order chi connectivity index (χ1) is 18.3. The monoisotopic (exact) mass is 540 g/mol. The van der Waals surface area contributed by atoms with Gasteiger partial charge in [0.05, 0.1) is 12.8 Å². The van der Waals surface area contributed by atoms with Crippen molar-refractivity contribution >= 4 is 28.8 Å². The van der Waals surface area contributed by atoms with E-state index in [0.717, 1.165) is 16.0 Å². The molecule has 38 heavy (non-hydrogen) atoms. The van der Waals surface area contributed by atoms with Crippen molar-refractivity contribution in [1.29, 1.82) is 5.41 Å². The minimum absolute atomic E-state index is 0.00851. The molecule has 12 nitrogen and oxygen atoms in total. The SMILES string of the molecule is COc1cc([C@H](Nc2ccc(C(=N)N)cc2)c2nn(-c3ccsc3C(=O)O)c(=O)[nH]2)c(F)c2c1OCCO2. The summed E-state index contributed by atoms with van der Waals surface area (Å²) in [7, 11) is 1.40. The van der Waals surface area contributed by atoms with Gasteiger partial charge in [-0.1, -0.05) is 0 Å². The lowest BCUT2D eigenvalue weighted by Crippen LogP contribution is -2.21. The Hall–Kier alpha value is -4.85. The van der Waals surface area contributed by atoms with Gasteiger partial charge < -0.3 is 30.4 Å². The van der Waals surface area contributed by atoms with Gasteiger partial charge in [-0.2, -0.15) is 4.68 Å². The summed E-state index contributed by atoms with van der Waals surface area (Å²) in [6.07, 6.45) is 0. The van der Waals surface area contributed by atoms with Crippen LogP contribution in [0, 0.1) is 11.2 Å². The van der Waals surface area contributed by atoms with E-state index < -0.39 is 23.5 Å². The molecule has 2 aromatic heterocycles. The molecule has 0 saturated carbocycles. The molecule has 4 aromatic rings. The lowest BCUT2D eigenvalue weighted by molar-refractivity contribution is 0.0702. The molecule has 5 rings (SSSR count). The second kappa shape index (κ2) is 9.89. The maximum atomic E-state index is 15.9. The van der Waals surface area contributed by atoms with Gasteiger partial charge in [0.15, 0.2) is 17.4 Å². The number of carbonyl (C=O) groups is 1. The van der Waals surface area contributed by atoms with E-state index in [9.17, 15) is 14.7 Å². The van der Waals surface area contributed by atoms with E-state index in [-0.39, 0.29) is 58.3 Å². The minimum atomic E-state index is -1.21. The van der Waals surface area contributed by atoms with Crippen molar-refractivity contribution in [3.63, 3.8) is 0 Å². The number of halogens is 1. The zero-order valence-electron chi connectivity index (χ0n) is 19.8. The minimum Gasteiger partial charge on any atom is -0.493 e. The molecule has 0 amide bonds. The number of benzene rings is 2. The molecule has 0 radical (unpaired) electrons. The summed E-state index contributed by atoms with van der Waals surface area (Å²) >= 11 is 0.941. The van der Waals surface area contributed by atoms with Crippen LogP contribution in [0.25, 0.3) is 5.69 Å². The Bertz CT molecular complexity index is 1590. The van der Waals surface area contributed by atoms with Gasteiger partial charge in [-0.25, -0.2) is 14.0 Å². The highest BCUT2D eigenvalue weighted by molar-refractivity contribution is 7.12. The molecule has 0 saturated heterocycles. The van der Waals surface area contributed by atoms with E-state index in [0.29, 0.717) is 11.3 Å². The van der Waals surface area contributed by atoms with Crippen molar-refractivity contribution in [3.05, 3.63) is 79.9 Å². The van der Waals surface area contributed by atoms with Gasteiger partial charge in [0, 0.05) is 16.8 Å². The highest BCUT2D eigenvalue weighted by Gasteiger charge is 2.31. The Balaban J connectivity index is 1.66. The Morgan fingerprint density at radius 3 is 2.66 bits per heavy atom.